The van der Waals surface area contributed by atoms with Gasteiger partial charge in [-0.2, -0.15) is 0 Å². The zero-order chi connectivity index (χ0) is 10.8. The number of nitrogens with zero attached hydrogens (tertiary/aromatic N) is 1. The van der Waals surface area contributed by atoms with Crippen LogP contribution in [0.2, 0.25) is 0 Å². The third kappa shape index (κ3) is 2.63. The van der Waals surface area contributed by atoms with Gasteiger partial charge in [0.1, 0.15) is 6.10 Å². The van der Waals surface area contributed by atoms with Crippen LogP contribution in [0.15, 0.2) is 5.38 Å². The highest BCUT2D eigenvalue weighted by atomic mass is 32.1. The lowest BCUT2D eigenvalue weighted by atomic mass is 10.1. The van der Waals surface area contributed by atoms with E-state index in [1.54, 1.807) is 11.3 Å². The lowest BCUT2D eigenvalue weighted by Gasteiger charge is -2.08. The molecule has 2 heterocycles. The molecular weight excluding hydrogens is 210 g/mol. The largest absolute Gasteiger partial charge is 0.367 e. The van der Waals surface area contributed by atoms with E-state index >= 15 is 0 Å². The quantitative estimate of drug-likeness (QED) is 0.791. The van der Waals surface area contributed by atoms with Gasteiger partial charge in [-0.15, -0.1) is 11.3 Å². The van der Waals surface area contributed by atoms with E-state index < -0.39 is 0 Å². The van der Waals surface area contributed by atoms with Gasteiger partial charge in [-0.3, -0.25) is 4.79 Å². The van der Waals surface area contributed by atoms with E-state index in [-0.39, 0.29) is 18.0 Å². The Bertz CT molecular complexity index is 361. The summed E-state index contributed by atoms with van der Waals surface area (Å²) >= 11 is 1.59. The van der Waals surface area contributed by atoms with Crippen molar-refractivity contribution >= 4 is 17.1 Å². The Labute approximate surface area is 93.5 Å². The number of carbonyl (C=O) groups is 1. The Morgan fingerprint density at radius 3 is 3.00 bits per heavy atom. The van der Waals surface area contributed by atoms with Gasteiger partial charge in [0.25, 0.3) is 0 Å². The lowest BCUT2D eigenvalue weighted by molar-refractivity contribution is -0.128. The van der Waals surface area contributed by atoms with Crippen LogP contribution in [0.4, 0.5) is 0 Å². The maximum atomic E-state index is 11.8. The highest BCUT2D eigenvalue weighted by Gasteiger charge is 2.28. The number of Topliss-reactive ketones (excluding diaryl/α,β-unsaturated/α-hetero) is 1. The SMILES string of the molecule is Cc1nc(CC(=O)C2CCC(C)O2)cs1. The fourth-order valence-electron chi connectivity index (χ4n) is 1.82. The minimum Gasteiger partial charge on any atom is -0.367 e. The first-order chi connectivity index (χ1) is 7.15. The zero-order valence-electron chi connectivity index (χ0n) is 9.03. The Hall–Kier alpha value is -0.740. The molecule has 1 aliphatic rings. The lowest BCUT2D eigenvalue weighted by Crippen LogP contribution is -2.22. The molecule has 1 saturated heterocycles. The van der Waals surface area contributed by atoms with Crippen LogP contribution in [0.1, 0.15) is 30.5 Å². The number of hydrogen-bond acceptors (Lipinski definition) is 4. The Morgan fingerprint density at radius 1 is 1.67 bits per heavy atom. The molecule has 1 aromatic rings. The summed E-state index contributed by atoms with van der Waals surface area (Å²) in [4.78, 5) is 16.1. The van der Waals surface area contributed by atoms with Crippen molar-refractivity contribution in [2.24, 2.45) is 0 Å². The van der Waals surface area contributed by atoms with E-state index in [1.165, 1.54) is 0 Å². The molecule has 2 rings (SSSR count). The first kappa shape index (κ1) is 10.8. The summed E-state index contributed by atoms with van der Waals surface area (Å²) in [7, 11) is 0. The molecule has 0 aliphatic carbocycles. The highest BCUT2D eigenvalue weighted by Crippen LogP contribution is 2.21. The van der Waals surface area contributed by atoms with Crippen molar-refractivity contribution in [3.63, 3.8) is 0 Å². The van der Waals surface area contributed by atoms with Crippen molar-refractivity contribution in [3.05, 3.63) is 16.1 Å². The number of hydrogen-bond donors (Lipinski definition) is 0. The molecule has 3 nitrogen and oxygen atoms in total. The predicted octanol–water partition coefficient (Wildman–Crippen LogP) is 2.13. The van der Waals surface area contributed by atoms with Crippen molar-refractivity contribution in [1.29, 1.82) is 0 Å². The minimum atomic E-state index is -0.193. The molecular formula is C11H15NO2S. The number of aryl methyl sites for hydroxylation is 1. The first-order valence-corrected chi connectivity index (χ1v) is 6.12. The van der Waals surface area contributed by atoms with Crippen LogP contribution >= 0.6 is 11.3 Å². The Morgan fingerprint density at radius 2 is 2.47 bits per heavy atom. The van der Waals surface area contributed by atoms with Crippen LogP contribution in [0.25, 0.3) is 0 Å². The van der Waals surface area contributed by atoms with Gasteiger partial charge in [0.05, 0.1) is 23.2 Å². The second-order valence-corrected chi connectivity index (χ2v) is 5.08. The van der Waals surface area contributed by atoms with E-state index in [0.717, 1.165) is 23.5 Å². The van der Waals surface area contributed by atoms with Gasteiger partial charge in [-0.25, -0.2) is 4.98 Å². The maximum absolute atomic E-state index is 11.8. The summed E-state index contributed by atoms with van der Waals surface area (Å²) in [5.74, 6) is 0.171. The molecule has 0 saturated carbocycles. The number of thiazole rings is 1. The van der Waals surface area contributed by atoms with Crippen LogP contribution in [-0.4, -0.2) is 23.0 Å². The topological polar surface area (TPSA) is 39.2 Å². The number of carbonyl (C=O) groups excluding carboxylic acids is 1. The molecule has 15 heavy (non-hydrogen) atoms. The van der Waals surface area contributed by atoms with E-state index in [2.05, 4.69) is 4.98 Å². The van der Waals surface area contributed by atoms with Gasteiger partial charge >= 0.3 is 0 Å². The standard InChI is InChI=1S/C11H15NO2S/c1-7-3-4-11(14-7)10(13)5-9-6-15-8(2)12-9/h6-7,11H,3-5H2,1-2H3. The number of aromatic nitrogens is 1. The Kier molecular flexibility index (Phi) is 3.17. The number of ketones is 1. The third-order valence-corrected chi connectivity index (χ3v) is 3.44. The normalized spacial score (nSPS) is 25.7. The molecule has 4 heteroatoms. The molecule has 1 aromatic heterocycles. The van der Waals surface area contributed by atoms with Crippen molar-refractivity contribution in [2.75, 3.05) is 0 Å². The van der Waals surface area contributed by atoms with Gasteiger partial charge < -0.3 is 4.74 Å². The molecule has 0 radical (unpaired) electrons. The summed E-state index contributed by atoms with van der Waals surface area (Å²) in [5.41, 5.74) is 0.880. The Balaban J connectivity index is 1.92. The second-order valence-electron chi connectivity index (χ2n) is 4.01. The van der Waals surface area contributed by atoms with E-state index in [0.29, 0.717) is 6.42 Å². The monoisotopic (exact) mass is 225 g/mol. The molecule has 2 atom stereocenters. The molecule has 0 amide bonds. The summed E-state index contributed by atoms with van der Waals surface area (Å²) < 4.78 is 5.53. The third-order valence-electron chi connectivity index (χ3n) is 2.61. The zero-order valence-corrected chi connectivity index (χ0v) is 9.84. The molecule has 0 spiro atoms. The average molecular weight is 225 g/mol. The van der Waals surface area contributed by atoms with Crippen molar-refractivity contribution in [1.82, 2.24) is 4.98 Å². The van der Waals surface area contributed by atoms with Gasteiger partial charge in [0, 0.05) is 5.38 Å². The van der Waals surface area contributed by atoms with Crippen molar-refractivity contribution < 1.29 is 9.53 Å². The highest BCUT2D eigenvalue weighted by molar-refractivity contribution is 7.09. The van der Waals surface area contributed by atoms with Crippen LogP contribution in [-0.2, 0) is 16.0 Å². The predicted molar refractivity (Wildman–Crippen MR) is 59.1 cm³/mol. The fraction of sp³-hybridized carbons (Fsp3) is 0.636. The second kappa shape index (κ2) is 4.41. The van der Waals surface area contributed by atoms with Crippen molar-refractivity contribution in [3.8, 4) is 0 Å². The smallest absolute Gasteiger partial charge is 0.167 e. The molecule has 0 bridgehead atoms. The average Bonchev–Trinajstić information content (AvgIpc) is 2.75. The number of rotatable bonds is 3. The van der Waals surface area contributed by atoms with E-state index in [1.807, 2.05) is 19.2 Å². The van der Waals surface area contributed by atoms with Gasteiger partial charge in [-0.1, -0.05) is 0 Å². The van der Waals surface area contributed by atoms with Crippen LogP contribution in [0.3, 0.4) is 0 Å². The fourth-order valence-corrected chi connectivity index (χ4v) is 2.43. The van der Waals surface area contributed by atoms with Crippen molar-refractivity contribution in [2.45, 2.75) is 45.3 Å². The minimum absolute atomic E-state index is 0.171. The van der Waals surface area contributed by atoms with Gasteiger partial charge in [-0.05, 0) is 26.7 Å². The van der Waals surface area contributed by atoms with Gasteiger partial charge in [0.15, 0.2) is 5.78 Å². The van der Waals surface area contributed by atoms with Crippen LogP contribution in [0, 0.1) is 6.92 Å². The summed E-state index contributed by atoms with van der Waals surface area (Å²) in [5, 5.41) is 2.96. The number of ether oxygens (including phenoxy) is 1. The van der Waals surface area contributed by atoms with Crippen LogP contribution in [0.5, 0.6) is 0 Å². The maximum Gasteiger partial charge on any atom is 0.167 e. The van der Waals surface area contributed by atoms with Crippen LogP contribution < -0.4 is 0 Å². The molecule has 1 aliphatic heterocycles. The molecule has 0 N–H and O–H groups in total. The summed E-state index contributed by atoms with van der Waals surface area (Å²) in [6.07, 6.45) is 2.32. The molecule has 82 valence electrons. The van der Waals surface area contributed by atoms with E-state index in [4.69, 9.17) is 4.74 Å². The molecule has 2 unspecified atom stereocenters. The van der Waals surface area contributed by atoms with Gasteiger partial charge in [0.2, 0.25) is 0 Å². The summed E-state index contributed by atoms with van der Waals surface area (Å²) in [6.45, 7) is 3.97. The summed E-state index contributed by atoms with van der Waals surface area (Å²) in [6, 6.07) is 0. The molecule has 1 fully saturated rings. The first-order valence-electron chi connectivity index (χ1n) is 5.24. The molecule has 0 aromatic carbocycles. The van der Waals surface area contributed by atoms with E-state index in [9.17, 15) is 4.79 Å².